The minimum absolute atomic E-state index is 0.255. The van der Waals surface area contributed by atoms with Crippen LogP contribution in [-0.2, 0) is 6.54 Å². The van der Waals surface area contributed by atoms with Crippen LogP contribution in [0.4, 0.5) is 5.69 Å². The maximum Gasteiger partial charge on any atom is 0.266 e. The van der Waals surface area contributed by atoms with Gasteiger partial charge < -0.3 is 5.32 Å². The van der Waals surface area contributed by atoms with Crippen LogP contribution in [-0.4, -0.2) is 18.4 Å². The van der Waals surface area contributed by atoms with Crippen LogP contribution in [0.2, 0.25) is 0 Å². The van der Waals surface area contributed by atoms with Gasteiger partial charge in [-0.1, -0.05) is 31.2 Å². The van der Waals surface area contributed by atoms with E-state index in [4.69, 9.17) is 0 Å². The maximum absolute atomic E-state index is 12.4. The predicted octanol–water partition coefficient (Wildman–Crippen LogP) is 2.60. The number of nitrogens with one attached hydrogen (secondary N) is 1. The molecule has 0 saturated carbocycles. The largest absolute Gasteiger partial charge is 0.313 e. The molecule has 1 aliphatic heterocycles. The molecule has 0 radical (unpaired) electrons. The zero-order valence-electron chi connectivity index (χ0n) is 11.8. The fourth-order valence-corrected chi connectivity index (χ4v) is 2.46. The second kappa shape index (κ2) is 5.50. The first-order chi connectivity index (χ1) is 10.2. The lowest BCUT2D eigenvalue weighted by Crippen LogP contribution is -2.29. The summed E-state index contributed by atoms with van der Waals surface area (Å²) in [5, 5.41) is 3.24. The predicted molar refractivity (Wildman–Crippen MR) is 81.4 cm³/mol. The number of anilines is 1. The Morgan fingerprint density at radius 3 is 2.00 bits per heavy atom. The number of hydrogen-bond acceptors (Lipinski definition) is 3. The van der Waals surface area contributed by atoms with Crippen molar-refractivity contribution in [3.05, 3.63) is 65.2 Å². The van der Waals surface area contributed by atoms with E-state index in [0.29, 0.717) is 16.8 Å². The van der Waals surface area contributed by atoms with E-state index in [1.165, 1.54) is 4.90 Å². The molecule has 1 aliphatic rings. The summed E-state index contributed by atoms with van der Waals surface area (Å²) in [6, 6.07) is 14.4. The quantitative estimate of drug-likeness (QED) is 0.876. The van der Waals surface area contributed by atoms with Crippen LogP contribution in [0.3, 0.4) is 0 Å². The molecule has 0 fully saturated rings. The summed E-state index contributed by atoms with van der Waals surface area (Å²) in [4.78, 5) is 26.0. The number of hydrogen-bond donors (Lipinski definition) is 1. The molecule has 4 heteroatoms. The number of carbonyl (C=O) groups is 2. The monoisotopic (exact) mass is 280 g/mol. The van der Waals surface area contributed by atoms with Gasteiger partial charge in [-0.15, -0.1) is 0 Å². The molecular weight excluding hydrogens is 264 g/mol. The normalized spacial score (nSPS) is 13.7. The van der Waals surface area contributed by atoms with Crippen molar-refractivity contribution in [3.63, 3.8) is 0 Å². The molecule has 106 valence electrons. The Bertz CT molecular complexity index is 657. The summed E-state index contributed by atoms with van der Waals surface area (Å²) in [7, 11) is 0. The average Bonchev–Trinajstić information content (AvgIpc) is 2.78. The first-order valence-corrected chi connectivity index (χ1v) is 7.00. The van der Waals surface area contributed by atoms with Gasteiger partial charge in [0.1, 0.15) is 0 Å². The smallest absolute Gasteiger partial charge is 0.266 e. The molecule has 2 aromatic rings. The van der Waals surface area contributed by atoms with E-state index in [2.05, 4.69) is 5.32 Å². The summed E-state index contributed by atoms with van der Waals surface area (Å²) >= 11 is 0. The Kier molecular flexibility index (Phi) is 3.54. The standard InChI is InChI=1S/C17H16N2O2/c1-2-18-11-12-7-9-13(10-8-12)19-16(20)14-5-3-4-6-15(14)17(19)21/h3-10,18H,2,11H2,1H3. The molecule has 21 heavy (non-hydrogen) atoms. The van der Waals surface area contributed by atoms with Gasteiger partial charge in [0.05, 0.1) is 16.8 Å². The highest BCUT2D eigenvalue weighted by atomic mass is 16.2. The minimum Gasteiger partial charge on any atom is -0.313 e. The van der Waals surface area contributed by atoms with E-state index in [0.717, 1.165) is 18.7 Å². The molecule has 3 rings (SSSR count). The molecule has 1 N–H and O–H groups in total. The number of carbonyl (C=O) groups excluding carboxylic acids is 2. The molecule has 2 amide bonds. The number of benzene rings is 2. The summed E-state index contributed by atoms with van der Waals surface area (Å²) in [6.45, 7) is 3.73. The van der Waals surface area contributed by atoms with Crippen LogP contribution >= 0.6 is 0 Å². The zero-order chi connectivity index (χ0) is 14.8. The van der Waals surface area contributed by atoms with Gasteiger partial charge in [0, 0.05) is 6.54 Å². The van der Waals surface area contributed by atoms with Crippen LogP contribution in [0.1, 0.15) is 33.2 Å². The number of fused-ring (bicyclic) bond motifs is 1. The summed E-state index contributed by atoms with van der Waals surface area (Å²) in [5.41, 5.74) is 2.68. The maximum atomic E-state index is 12.4. The van der Waals surface area contributed by atoms with Crippen molar-refractivity contribution in [1.82, 2.24) is 5.32 Å². The highest BCUT2D eigenvalue weighted by molar-refractivity contribution is 6.34. The van der Waals surface area contributed by atoms with E-state index >= 15 is 0 Å². The lowest BCUT2D eigenvalue weighted by Gasteiger charge is -2.14. The first kappa shape index (κ1) is 13.5. The van der Waals surface area contributed by atoms with E-state index in [1.807, 2.05) is 31.2 Å². The van der Waals surface area contributed by atoms with Crippen molar-refractivity contribution in [2.45, 2.75) is 13.5 Å². The second-order valence-corrected chi connectivity index (χ2v) is 4.94. The Labute approximate surface area is 123 Å². The molecule has 0 aliphatic carbocycles. The van der Waals surface area contributed by atoms with E-state index in [9.17, 15) is 9.59 Å². The fourth-order valence-electron chi connectivity index (χ4n) is 2.46. The minimum atomic E-state index is -0.255. The third-order valence-electron chi connectivity index (χ3n) is 3.57. The molecule has 4 nitrogen and oxygen atoms in total. The average molecular weight is 280 g/mol. The van der Waals surface area contributed by atoms with Crippen LogP contribution in [0.15, 0.2) is 48.5 Å². The lowest BCUT2D eigenvalue weighted by atomic mass is 10.1. The molecular formula is C17H16N2O2. The SMILES string of the molecule is CCNCc1ccc(N2C(=O)c3ccccc3C2=O)cc1. The summed E-state index contributed by atoms with van der Waals surface area (Å²) in [6.07, 6.45) is 0. The number of imide groups is 1. The molecule has 0 aromatic heterocycles. The van der Waals surface area contributed by atoms with E-state index in [-0.39, 0.29) is 11.8 Å². The van der Waals surface area contributed by atoms with E-state index < -0.39 is 0 Å². The third kappa shape index (κ3) is 2.34. The summed E-state index contributed by atoms with van der Waals surface area (Å²) in [5.74, 6) is -0.509. The highest BCUT2D eigenvalue weighted by Crippen LogP contribution is 2.28. The van der Waals surface area contributed by atoms with Gasteiger partial charge in [0.25, 0.3) is 11.8 Å². The number of amides is 2. The van der Waals surface area contributed by atoms with Gasteiger partial charge >= 0.3 is 0 Å². The molecule has 0 saturated heterocycles. The molecule has 0 atom stereocenters. The van der Waals surface area contributed by atoms with Crippen molar-refractivity contribution in [2.24, 2.45) is 0 Å². The fraction of sp³-hybridized carbons (Fsp3) is 0.176. The lowest BCUT2D eigenvalue weighted by molar-refractivity contribution is 0.0926. The Morgan fingerprint density at radius 2 is 1.48 bits per heavy atom. The first-order valence-electron chi connectivity index (χ1n) is 7.00. The molecule has 0 spiro atoms. The molecule has 1 heterocycles. The van der Waals surface area contributed by atoms with E-state index in [1.54, 1.807) is 24.3 Å². The Hall–Kier alpha value is -2.46. The van der Waals surface area contributed by atoms with Gasteiger partial charge in [-0.3, -0.25) is 9.59 Å². The molecule has 0 unspecified atom stereocenters. The number of nitrogens with zero attached hydrogens (tertiary/aromatic N) is 1. The van der Waals surface area contributed by atoms with Crippen molar-refractivity contribution >= 4 is 17.5 Å². The Balaban J connectivity index is 1.88. The summed E-state index contributed by atoms with van der Waals surface area (Å²) < 4.78 is 0. The van der Waals surface area contributed by atoms with Gasteiger partial charge in [-0.25, -0.2) is 4.90 Å². The van der Waals surface area contributed by atoms with Crippen molar-refractivity contribution in [2.75, 3.05) is 11.4 Å². The van der Waals surface area contributed by atoms with Crippen LogP contribution in [0.5, 0.6) is 0 Å². The molecule has 0 bridgehead atoms. The van der Waals surface area contributed by atoms with Crippen molar-refractivity contribution in [3.8, 4) is 0 Å². The number of rotatable bonds is 4. The van der Waals surface area contributed by atoms with Crippen LogP contribution < -0.4 is 10.2 Å². The van der Waals surface area contributed by atoms with Crippen LogP contribution in [0.25, 0.3) is 0 Å². The zero-order valence-corrected chi connectivity index (χ0v) is 11.8. The van der Waals surface area contributed by atoms with Gasteiger partial charge in [0.15, 0.2) is 0 Å². The Morgan fingerprint density at radius 1 is 0.905 bits per heavy atom. The van der Waals surface area contributed by atoms with Crippen LogP contribution in [0, 0.1) is 0 Å². The topological polar surface area (TPSA) is 49.4 Å². The van der Waals surface area contributed by atoms with Gasteiger partial charge in [0.2, 0.25) is 0 Å². The van der Waals surface area contributed by atoms with Gasteiger partial charge in [-0.05, 0) is 36.4 Å². The third-order valence-corrected chi connectivity index (χ3v) is 3.57. The highest BCUT2D eigenvalue weighted by Gasteiger charge is 2.36. The van der Waals surface area contributed by atoms with Gasteiger partial charge in [-0.2, -0.15) is 0 Å². The van der Waals surface area contributed by atoms with Crippen molar-refractivity contribution in [1.29, 1.82) is 0 Å². The van der Waals surface area contributed by atoms with Crippen molar-refractivity contribution < 1.29 is 9.59 Å². The second-order valence-electron chi connectivity index (χ2n) is 4.94. The molecule has 2 aromatic carbocycles.